The van der Waals surface area contributed by atoms with E-state index in [1.807, 2.05) is 24.3 Å². The Balaban J connectivity index is 1.85. The predicted molar refractivity (Wildman–Crippen MR) is 86.3 cm³/mol. The summed E-state index contributed by atoms with van der Waals surface area (Å²) >= 11 is 0. The number of benzene rings is 2. The van der Waals surface area contributed by atoms with E-state index in [1.54, 1.807) is 0 Å². The molecule has 0 bridgehead atoms. The van der Waals surface area contributed by atoms with E-state index in [1.165, 1.54) is 11.1 Å². The zero-order valence-corrected chi connectivity index (χ0v) is 12.5. The van der Waals surface area contributed by atoms with Crippen molar-refractivity contribution in [3.8, 4) is 0 Å². The number of carbonyl (C=O) groups is 1. The van der Waals surface area contributed by atoms with Crippen LogP contribution in [0, 0.1) is 11.6 Å². The molecule has 1 aromatic heterocycles. The van der Waals surface area contributed by atoms with E-state index in [4.69, 9.17) is 0 Å². The van der Waals surface area contributed by atoms with Crippen molar-refractivity contribution in [1.29, 1.82) is 0 Å². The molecular formula is C18H12F2N2O2. The van der Waals surface area contributed by atoms with Crippen molar-refractivity contribution >= 4 is 22.5 Å². The van der Waals surface area contributed by atoms with E-state index in [0.29, 0.717) is 19.0 Å². The highest BCUT2D eigenvalue weighted by Crippen LogP contribution is 2.28. The molecule has 0 saturated heterocycles. The number of H-pyrrole nitrogens is 1. The van der Waals surface area contributed by atoms with Gasteiger partial charge in [0.2, 0.25) is 5.43 Å². The average Bonchev–Trinajstić information content (AvgIpc) is 2.98. The zero-order chi connectivity index (χ0) is 16.8. The quantitative estimate of drug-likeness (QED) is 0.747. The van der Waals surface area contributed by atoms with Crippen LogP contribution in [0.5, 0.6) is 0 Å². The van der Waals surface area contributed by atoms with E-state index >= 15 is 0 Å². The molecule has 1 amide bonds. The number of fused-ring (bicyclic) bond motifs is 2. The van der Waals surface area contributed by atoms with Gasteiger partial charge in [-0.15, -0.1) is 0 Å². The summed E-state index contributed by atoms with van der Waals surface area (Å²) in [4.78, 5) is 29.5. The summed E-state index contributed by atoms with van der Waals surface area (Å²) in [5, 5.41) is -0.310. The molecule has 0 aliphatic carbocycles. The van der Waals surface area contributed by atoms with Crippen LogP contribution in [0.25, 0.3) is 10.9 Å². The topological polar surface area (TPSA) is 53.2 Å². The minimum Gasteiger partial charge on any atom is -0.360 e. The van der Waals surface area contributed by atoms with Crippen LogP contribution in [0.1, 0.15) is 15.9 Å². The molecule has 120 valence electrons. The summed E-state index contributed by atoms with van der Waals surface area (Å²) in [6, 6.07) is 9.11. The molecule has 2 heterocycles. The van der Waals surface area contributed by atoms with Crippen molar-refractivity contribution in [2.24, 2.45) is 0 Å². The second-order valence-electron chi connectivity index (χ2n) is 5.68. The van der Waals surface area contributed by atoms with E-state index in [9.17, 15) is 18.4 Å². The number of halogens is 2. The van der Waals surface area contributed by atoms with Gasteiger partial charge in [-0.3, -0.25) is 9.59 Å². The summed E-state index contributed by atoms with van der Waals surface area (Å²) in [6.45, 7) is 0.460. The third-order valence-corrected chi connectivity index (χ3v) is 4.26. The van der Waals surface area contributed by atoms with Crippen molar-refractivity contribution in [2.45, 2.75) is 6.42 Å². The number of nitrogens with zero attached hydrogens (tertiary/aromatic N) is 1. The van der Waals surface area contributed by atoms with Gasteiger partial charge < -0.3 is 9.88 Å². The molecule has 3 aromatic rings. The second kappa shape index (κ2) is 5.26. The average molecular weight is 326 g/mol. The van der Waals surface area contributed by atoms with Crippen LogP contribution in [0.3, 0.4) is 0 Å². The number of pyridine rings is 1. The summed E-state index contributed by atoms with van der Waals surface area (Å²) in [5.41, 5.74) is 0.897. The largest absolute Gasteiger partial charge is 0.360 e. The molecule has 24 heavy (non-hydrogen) atoms. The molecule has 0 unspecified atom stereocenters. The maximum atomic E-state index is 14.0. The lowest BCUT2D eigenvalue weighted by molar-refractivity contribution is 0.0988. The van der Waals surface area contributed by atoms with Crippen LogP contribution >= 0.6 is 0 Å². The second-order valence-corrected chi connectivity index (χ2v) is 5.68. The van der Waals surface area contributed by atoms with Crippen molar-refractivity contribution < 1.29 is 13.6 Å². The fourth-order valence-electron chi connectivity index (χ4n) is 3.12. The maximum absolute atomic E-state index is 14.0. The highest BCUT2D eigenvalue weighted by atomic mass is 19.1. The van der Waals surface area contributed by atoms with Crippen molar-refractivity contribution in [2.75, 3.05) is 11.4 Å². The Morgan fingerprint density at radius 3 is 2.79 bits per heavy atom. The molecule has 0 spiro atoms. The van der Waals surface area contributed by atoms with Crippen LogP contribution in [0.4, 0.5) is 14.5 Å². The number of rotatable bonds is 1. The molecule has 1 aliphatic heterocycles. The standard InChI is InChI=1S/C18H12F2N2O2/c19-11-7-13(20)16-14(8-11)21-9-12(17(16)23)18(24)22-6-5-10-3-1-2-4-15(10)22/h1-4,7-9H,5-6H2,(H,21,23). The fraction of sp³-hybridized carbons (Fsp3) is 0.111. The minimum absolute atomic E-state index is 0.0240. The van der Waals surface area contributed by atoms with Crippen LogP contribution < -0.4 is 10.3 Å². The molecule has 0 atom stereocenters. The van der Waals surface area contributed by atoms with Crippen molar-refractivity contribution in [3.63, 3.8) is 0 Å². The number of hydrogen-bond donors (Lipinski definition) is 1. The molecule has 0 radical (unpaired) electrons. The Labute approximate surface area is 135 Å². The first-order chi connectivity index (χ1) is 11.6. The number of hydrogen-bond acceptors (Lipinski definition) is 2. The first-order valence-corrected chi connectivity index (χ1v) is 7.46. The van der Waals surface area contributed by atoms with E-state index in [0.717, 1.165) is 17.3 Å². The SMILES string of the molecule is O=C(c1c[nH]c2cc(F)cc(F)c2c1=O)N1CCc2ccccc21. The molecule has 6 heteroatoms. The maximum Gasteiger partial charge on any atom is 0.263 e. The van der Waals surface area contributed by atoms with Gasteiger partial charge in [0.25, 0.3) is 5.91 Å². The van der Waals surface area contributed by atoms with Crippen LogP contribution in [0.2, 0.25) is 0 Å². The van der Waals surface area contributed by atoms with Gasteiger partial charge in [0.1, 0.15) is 17.2 Å². The van der Waals surface area contributed by atoms with E-state index in [-0.39, 0.29) is 16.5 Å². The number of aromatic nitrogens is 1. The van der Waals surface area contributed by atoms with E-state index in [2.05, 4.69) is 4.98 Å². The summed E-state index contributed by atoms with van der Waals surface area (Å²) < 4.78 is 27.2. The molecule has 1 N–H and O–H groups in total. The molecular weight excluding hydrogens is 314 g/mol. The summed E-state index contributed by atoms with van der Waals surface area (Å²) in [5.74, 6) is -2.27. The van der Waals surface area contributed by atoms with Gasteiger partial charge in [0.15, 0.2) is 0 Å². The number of nitrogens with one attached hydrogen (secondary N) is 1. The van der Waals surface area contributed by atoms with Gasteiger partial charge in [0.05, 0.1) is 10.9 Å². The number of carbonyl (C=O) groups excluding carboxylic acids is 1. The van der Waals surface area contributed by atoms with Gasteiger partial charge in [-0.1, -0.05) is 18.2 Å². The number of amides is 1. The van der Waals surface area contributed by atoms with Crippen molar-refractivity contribution in [1.82, 2.24) is 4.98 Å². The van der Waals surface area contributed by atoms with Gasteiger partial charge in [0, 0.05) is 24.5 Å². The number of anilines is 1. The normalized spacial score (nSPS) is 13.3. The fourth-order valence-corrected chi connectivity index (χ4v) is 3.12. The van der Waals surface area contributed by atoms with E-state index < -0.39 is 23.0 Å². The Kier molecular flexibility index (Phi) is 3.19. The smallest absolute Gasteiger partial charge is 0.263 e. The molecule has 0 fully saturated rings. The third-order valence-electron chi connectivity index (χ3n) is 4.26. The van der Waals surface area contributed by atoms with Crippen LogP contribution in [0.15, 0.2) is 47.4 Å². The highest BCUT2D eigenvalue weighted by Gasteiger charge is 2.27. The Bertz CT molecular complexity index is 1040. The molecule has 2 aromatic carbocycles. The summed E-state index contributed by atoms with van der Waals surface area (Å²) in [7, 11) is 0. The predicted octanol–water partition coefficient (Wildman–Crippen LogP) is 3.01. The lowest BCUT2D eigenvalue weighted by Crippen LogP contribution is -2.33. The minimum atomic E-state index is -0.984. The van der Waals surface area contributed by atoms with Gasteiger partial charge in [-0.25, -0.2) is 8.78 Å². The lowest BCUT2D eigenvalue weighted by atomic mass is 10.1. The Morgan fingerprint density at radius 2 is 1.96 bits per heavy atom. The number of aromatic amines is 1. The lowest BCUT2D eigenvalue weighted by Gasteiger charge is -2.17. The third kappa shape index (κ3) is 2.11. The van der Waals surface area contributed by atoms with Gasteiger partial charge in [-0.05, 0) is 24.1 Å². The highest BCUT2D eigenvalue weighted by molar-refractivity contribution is 6.08. The first-order valence-electron chi connectivity index (χ1n) is 7.46. The van der Waals surface area contributed by atoms with Gasteiger partial charge >= 0.3 is 0 Å². The zero-order valence-electron chi connectivity index (χ0n) is 12.5. The Hall–Kier alpha value is -3.02. The van der Waals surface area contributed by atoms with Crippen LogP contribution in [-0.4, -0.2) is 17.4 Å². The summed E-state index contributed by atoms with van der Waals surface area (Å²) in [6.07, 6.45) is 1.92. The Morgan fingerprint density at radius 1 is 1.17 bits per heavy atom. The number of para-hydroxylation sites is 1. The van der Waals surface area contributed by atoms with Gasteiger partial charge in [-0.2, -0.15) is 0 Å². The molecule has 0 saturated carbocycles. The van der Waals surface area contributed by atoms with Crippen LogP contribution in [-0.2, 0) is 6.42 Å². The molecule has 4 rings (SSSR count). The molecule has 4 nitrogen and oxygen atoms in total. The molecule has 1 aliphatic rings. The first kappa shape index (κ1) is 14.6. The monoisotopic (exact) mass is 326 g/mol. The van der Waals surface area contributed by atoms with Crippen molar-refractivity contribution in [3.05, 3.63) is 75.6 Å².